The molecule has 4 heterocycles. The van der Waals surface area contributed by atoms with Crippen LogP contribution in [0.25, 0.3) is 0 Å². The molecule has 0 saturated carbocycles. The molecule has 0 unspecified atom stereocenters. The summed E-state index contributed by atoms with van der Waals surface area (Å²) >= 11 is 3.05. The van der Waals surface area contributed by atoms with Crippen LogP contribution >= 0.6 is 23.1 Å². The van der Waals surface area contributed by atoms with Crippen molar-refractivity contribution in [3.63, 3.8) is 0 Å². The lowest BCUT2D eigenvalue weighted by atomic mass is 10.2. The van der Waals surface area contributed by atoms with Gasteiger partial charge in [-0.05, 0) is 23.1 Å². The Morgan fingerprint density at radius 2 is 0.659 bits per heavy atom. The molecule has 0 spiro atoms. The van der Waals surface area contributed by atoms with Crippen molar-refractivity contribution >= 4 is 23.1 Å². The molecule has 0 amide bonds. The van der Waals surface area contributed by atoms with E-state index in [4.69, 9.17) is 9.05 Å². The number of aromatic nitrogens is 8. The van der Waals surface area contributed by atoms with E-state index in [0.717, 1.165) is 45.1 Å². The summed E-state index contributed by atoms with van der Waals surface area (Å²) in [5.74, 6) is 8.34. The SMILES string of the molecule is CC(C)c1noc(C(C)C)n1.CC(C)c1noc(C(C)C)n1.CC(C)c1nsc(C(C)C)n1.CC(C)c1nsc(C(C)C)n1. The summed E-state index contributed by atoms with van der Waals surface area (Å²) in [5.41, 5.74) is 0. The molecule has 44 heavy (non-hydrogen) atoms. The Kier molecular flexibility index (Phi) is 17.1. The number of rotatable bonds is 8. The van der Waals surface area contributed by atoms with Crippen molar-refractivity contribution < 1.29 is 9.05 Å². The van der Waals surface area contributed by atoms with Gasteiger partial charge in [-0.15, -0.1) is 0 Å². The average Bonchev–Trinajstić information content (AvgIpc) is 3.76. The van der Waals surface area contributed by atoms with Gasteiger partial charge in [0.05, 0.1) is 0 Å². The first-order valence-corrected chi connectivity index (χ1v) is 17.3. The molecule has 248 valence electrons. The van der Waals surface area contributed by atoms with Gasteiger partial charge in [0.1, 0.15) is 21.7 Å². The molecule has 0 fully saturated rings. The fourth-order valence-electron chi connectivity index (χ4n) is 2.87. The second kappa shape index (κ2) is 19.0. The molecule has 4 rings (SSSR count). The maximum atomic E-state index is 5.03. The minimum Gasteiger partial charge on any atom is -0.339 e. The normalized spacial score (nSPS) is 11.5. The Balaban J connectivity index is 0.000000293. The molecule has 0 aliphatic carbocycles. The van der Waals surface area contributed by atoms with Crippen molar-refractivity contribution in [1.29, 1.82) is 0 Å². The third kappa shape index (κ3) is 13.6. The van der Waals surface area contributed by atoms with Crippen molar-refractivity contribution in [2.75, 3.05) is 0 Å². The highest BCUT2D eigenvalue weighted by Gasteiger charge is 2.13. The van der Waals surface area contributed by atoms with Gasteiger partial charge in [0.15, 0.2) is 11.6 Å². The fourth-order valence-corrected chi connectivity index (χ4v) is 4.43. The Hall–Kier alpha value is -2.60. The van der Waals surface area contributed by atoms with E-state index in [1.54, 1.807) is 0 Å². The number of hydrogen-bond donors (Lipinski definition) is 0. The van der Waals surface area contributed by atoms with Gasteiger partial charge in [-0.1, -0.05) is 121 Å². The summed E-state index contributed by atoms with van der Waals surface area (Å²) < 4.78 is 18.6. The lowest BCUT2D eigenvalue weighted by Gasteiger charge is -1.96. The van der Waals surface area contributed by atoms with E-state index in [1.807, 2.05) is 27.7 Å². The van der Waals surface area contributed by atoms with Gasteiger partial charge in [0.2, 0.25) is 11.8 Å². The van der Waals surface area contributed by atoms with Gasteiger partial charge < -0.3 is 9.05 Å². The van der Waals surface area contributed by atoms with Crippen molar-refractivity contribution in [2.45, 2.75) is 158 Å². The summed E-state index contributed by atoms with van der Waals surface area (Å²) in [4.78, 5) is 17.3. The molecule has 10 nitrogen and oxygen atoms in total. The predicted molar refractivity (Wildman–Crippen MR) is 181 cm³/mol. The Morgan fingerprint density at radius 3 is 0.795 bits per heavy atom. The number of hydrogen-bond acceptors (Lipinski definition) is 12. The highest BCUT2D eigenvalue weighted by molar-refractivity contribution is 7.05. The third-order valence-electron chi connectivity index (χ3n) is 5.87. The molecule has 0 N–H and O–H groups in total. The predicted octanol–water partition coefficient (Wildman–Crippen LogP) is 10.2. The lowest BCUT2D eigenvalue weighted by molar-refractivity contribution is 0.359. The molecule has 4 aromatic rings. The van der Waals surface area contributed by atoms with Crippen LogP contribution in [0.4, 0.5) is 0 Å². The van der Waals surface area contributed by atoms with E-state index >= 15 is 0 Å². The van der Waals surface area contributed by atoms with Crippen molar-refractivity contribution in [3.05, 3.63) is 45.1 Å². The third-order valence-corrected chi connectivity index (χ3v) is 7.93. The van der Waals surface area contributed by atoms with Gasteiger partial charge in [-0.3, -0.25) is 0 Å². The summed E-state index contributed by atoms with van der Waals surface area (Å²) in [5, 5.41) is 10.00. The van der Waals surface area contributed by atoms with Crippen molar-refractivity contribution in [1.82, 2.24) is 39.0 Å². The molecule has 0 aliphatic heterocycles. The molecule has 0 aliphatic rings. The van der Waals surface area contributed by atoms with Crippen LogP contribution in [0.3, 0.4) is 0 Å². The summed E-state index contributed by atoms with van der Waals surface area (Å²) in [7, 11) is 0. The van der Waals surface area contributed by atoms with Crippen molar-refractivity contribution in [2.24, 2.45) is 0 Å². The van der Waals surface area contributed by atoms with Gasteiger partial charge in [-0.2, -0.15) is 18.7 Å². The summed E-state index contributed by atoms with van der Waals surface area (Å²) in [6, 6.07) is 0. The minimum atomic E-state index is 0.329. The minimum absolute atomic E-state index is 0.329. The molecule has 0 bridgehead atoms. The highest BCUT2D eigenvalue weighted by atomic mass is 32.1. The highest BCUT2D eigenvalue weighted by Crippen LogP contribution is 2.21. The van der Waals surface area contributed by atoms with Crippen LogP contribution in [0.15, 0.2) is 9.05 Å². The summed E-state index contributed by atoms with van der Waals surface area (Å²) in [6.45, 7) is 33.4. The molecule has 0 saturated heterocycles. The van der Waals surface area contributed by atoms with Crippen LogP contribution in [0.5, 0.6) is 0 Å². The first-order chi connectivity index (χ1) is 20.4. The maximum absolute atomic E-state index is 5.03. The van der Waals surface area contributed by atoms with E-state index in [2.05, 4.69) is 122 Å². The van der Waals surface area contributed by atoms with E-state index in [-0.39, 0.29) is 0 Å². The van der Waals surface area contributed by atoms with E-state index in [0.29, 0.717) is 47.3 Å². The Labute approximate surface area is 273 Å². The molecule has 12 heteroatoms. The molecule has 0 atom stereocenters. The molecular formula is C32H56N8O2S2. The monoisotopic (exact) mass is 648 g/mol. The largest absolute Gasteiger partial charge is 0.339 e. The Morgan fingerprint density at radius 1 is 0.364 bits per heavy atom. The first-order valence-electron chi connectivity index (χ1n) is 15.8. The fraction of sp³-hybridized carbons (Fsp3) is 0.750. The first kappa shape index (κ1) is 39.4. The van der Waals surface area contributed by atoms with E-state index < -0.39 is 0 Å². The van der Waals surface area contributed by atoms with Crippen molar-refractivity contribution in [3.8, 4) is 0 Å². The zero-order valence-corrected chi connectivity index (χ0v) is 31.5. The second-order valence-corrected chi connectivity index (χ2v) is 14.8. The van der Waals surface area contributed by atoms with Gasteiger partial charge >= 0.3 is 0 Å². The van der Waals surface area contributed by atoms with E-state index in [1.165, 1.54) is 23.1 Å². The van der Waals surface area contributed by atoms with Gasteiger partial charge in [0.25, 0.3) is 0 Å². The maximum Gasteiger partial charge on any atom is 0.229 e. The second-order valence-electron chi connectivity index (χ2n) is 13.2. The van der Waals surface area contributed by atoms with Crippen LogP contribution in [-0.4, -0.2) is 39.0 Å². The van der Waals surface area contributed by atoms with Crippen LogP contribution in [0.2, 0.25) is 0 Å². The standard InChI is InChI=1S/2C8H14N2O.2C8H14N2S/c4*1-5(2)7-9-8(6(3)4)11-10-7/h4*5-6H,1-4H3. The molecule has 4 aromatic heterocycles. The van der Waals surface area contributed by atoms with Crippen LogP contribution < -0.4 is 0 Å². The Bertz CT molecular complexity index is 1030. The molecular weight excluding hydrogens is 593 g/mol. The van der Waals surface area contributed by atoms with Crippen LogP contribution in [-0.2, 0) is 0 Å². The quantitative estimate of drug-likeness (QED) is 0.182. The smallest absolute Gasteiger partial charge is 0.229 e. The lowest BCUT2D eigenvalue weighted by Crippen LogP contribution is -1.91. The van der Waals surface area contributed by atoms with Crippen LogP contribution in [0.1, 0.15) is 203 Å². The molecule has 0 aromatic carbocycles. The van der Waals surface area contributed by atoms with Crippen LogP contribution in [0, 0.1) is 0 Å². The zero-order valence-electron chi connectivity index (χ0n) is 29.8. The van der Waals surface area contributed by atoms with Gasteiger partial charge in [-0.25, -0.2) is 9.97 Å². The number of nitrogens with zero attached hydrogens (tertiary/aromatic N) is 8. The summed E-state index contributed by atoms with van der Waals surface area (Å²) in [6.07, 6.45) is 0. The topological polar surface area (TPSA) is 129 Å². The van der Waals surface area contributed by atoms with Gasteiger partial charge in [0, 0.05) is 47.3 Å². The molecule has 0 radical (unpaired) electrons. The zero-order chi connectivity index (χ0) is 33.7. The van der Waals surface area contributed by atoms with E-state index in [9.17, 15) is 0 Å². The average molecular weight is 649 g/mol.